The minimum Gasteiger partial charge on any atom is -0.486 e. The molecule has 0 saturated carbocycles. The van der Waals surface area contributed by atoms with Gasteiger partial charge in [-0.25, -0.2) is 0 Å². The SMILES string of the molecule is CC(=O)NC[C@H]1COc2ccccc2O1. The monoisotopic (exact) mass is 207 g/mol. The number of amides is 1. The molecule has 2 rings (SSSR count). The molecule has 4 heteroatoms. The van der Waals surface area contributed by atoms with Crippen LogP contribution in [0.4, 0.5) is 0 Å². The minimum atomic E-state index is -0.108. The minimum absolute atomic E-state index is 0.0579. The van der Waals surface area contributed by atoms with Gasteiger partial charge in [-0.15, -0.1) is 0 Å². The van der Waals surface area contributed by atoms with Gasteiger partial charge in [0.15, 0.2) is 11.5 Å². The molecule has 1 aromatic carbocycles. The number of hydrogen-bond donors (Lipinski definition) is 1. The zero-order valence-corrected chi connectivity index (χ0v) is 8.53. The number of hydrogen-bond acceptors (Lipinski definition) is 3. The lowest BCUT2D eigenvalue weighted by Gasteiger charge is -2.26. The van der Waals surface area contributed by atoms with Crippen molar-refractivity contribution in [1.29, 1.82) is 0 Å². The Kier molecular flexibility index (Phi) is 2.76. The number of carbonyl (C=O) groups excluding carboxylic acids is 1. The molecule has 1 heterocycles. The molecule has 0 fully saturated rings. The molecular formula is C11H13NO3. The van der Waals surface area contributed by atoms with E-state index in [1.54, 1.807) is 0 Å². The number of nitrogens with one attached hydrogen (secondary N) is 1. The molecule has 1 atom stereocenters. The highest BCUT2D eigenvalue weighted by Crippen LogP contribution is 2.30. The molecule has 0 saturated heterocycles. The molecule has 0 spiro atoms. The van der Waals surface area contributed by atoms with Crippen molar-refractivity contribution < 1.29 is 14.3 Å². The van der Waals surface area contributed by atoms with Gasteiger partial charge >= 0.3 is 0 Å². The van der Waals surface area contributed by atoms with Crippen LogP contribution in [0, 0.1) is 0 Å². The van der Waals surface area contributed by atoms with Crippen LogP contribution in [0.15, 0.2) is 24.3 Å². The maximum absolute atomic E-state index is 10.7. The Labute approximate surface area is 88.2 Å². The topological polar surface area (TPSA) is 47.6 Å². The van der Waals surface area contributed by atoms with Gasteiger partial charge in [-0.1, -0.05) is 12.1 Å². The number of rotatable bonds is 2. The molecule has 0 bridgehead atoms. The standard InChI is InChI=1S/C11H13NO3/c1-8(13)12-6-9-7-14-10-4-2-3-5-11(10)15-9/h2-5,9H,6-7H2,1H3,(H,12,13)/t9-/m0/s1. The quantitative estimate of drug-likeness (QED) is 0.785. The lowest BCUT2D eigenvalue weighted by atomic mass is 10.2. The predicted octanol–water partition coefficient (Wildman–Crippen LogP) is 0.962. The summed E-state index contributed by atoms with van der Waals surface area (Å²) in [6.45, 7) is 2.43. The molecule has 1 amide bonds. The summed E-state index contributed by atoms with van der Waals surface area (Å²) < 4.78 is 11.1. The molecule has 4 nitrogen and oxygen atoms in total. The highest BCUT2D eigenvalue weighted by atomic mass is 16.6. The Morgan fingerprint density at radius 1 is 1.47 bits per heavy atom. The van der Waals surface area contributed by atoms with Crippen LogP contribution in [0.1, 0.15) is 6.92 Å². The average Bonchev–Trinajstić information content (AvgIpc) is 2.26. The normalized spacial score (nSPS) is 18.3. The maximum Gasteiger partial charge on any atom is 0.217 e. The van der Waals surface area contributed by atoms with Crippen LogP contribution in [0.5, 0.6) is 11.5 Å². The van der Waals surface area contributed by atoms with Crippen molar-refractivity contribution in [2.45, 2.75) is 13.0 Å². The summed E-state index contributed by atoms with van der Waals surface area (Å²) in [6, 6.07) is 7.51. The fraction of sp³-hybridized carbons (Fsp3) is 0.364. The summed E-state index contributed by atoms with van der Waals surface area (Å²) in [6.07, 6.45) is -0.108. The molecule has 15 heavy (non-hydrogen) atoms. The van der Waals surface area contributed by atoms with Crippen molar-refractivity contribution in [3.63, 3.8) is 0 Å². The van der Waals surface area contributed by atoms with Crippen LogP contribution in [0.3, 0.4) is 0 Å². The van der Waals surface area contributed by atoms with Gasteiger partial charge in [-0.3, -0.25) is 4.79 Å². The van der Waals surface area contributed by atoms with Gasteiger partial charge in [0, 0.05) is 6.92 Å². The summed E-state index contributed by atoms with van der Waals surface area (Å²) in [7, 11) is 0. The predicted molar refractivity (Wildman–Crippen MR) is 55.0 cm³/mol. The third kappa shape index (κ3) is 2.40. The van der Waals surface area contributed by atoms with E-state index in [1.807, 2.05) is 24.3 Å². The van der Waals surface area contributed by atoms with E-state index in [9.17, 15) is 4.79 Å². The molecule has 0 aromatic heterocycles. The van der Waals surface area contributed by atoms with Gasteiger partial charge in [0.1, 0.15) is 12.7 Å². The number of fused-ring (bicyclic) bond motifs is 1. The first-order chi connectivity index (χ1) is 7.25. The first-order valence-electron chi connectivity index (χ1n) is 4.88. The lowest BCUT2D eigenvalue weighted by Crippen LogP contribution is -2.39. The van der Waals surface area contributed by atoms with Crippen molar-refractivity contribution in [3.05, 3.63) is 24.3 Å². The summed E-state index contributed by atoms with van der Waals surface area (Å²) in [5.41, 5.74) is 0. The van der Waals surface area contributed by atoms with Crippen molar-refractivity contribution in [3.8, 4) is 11.5 Å². The van der Waals surface area contributed by atoms with E-state index in [4.69, 9.17) is 9.47 Å². The Morgan fingerprint density at radius 3 is 2.93 bits per heavy atom. The Morgan fingerprint density at radius 2 is 2.20 bits per heavy atom. The van der Waals surface area contributed by atoms with E-state index in [0.29, 0.717) is 13.2 Å². The lowest BCUT2D eigenvalue weighted by molar-refractivity contribution is -0.119. The van der Waals surface area contributed by atoms with Gasteiger partial charge in [-0.2, -0.15) is 0 Å². The zero-order valence-electron chi connectivity index (χ0n) is 8.53. The van der Waals surface area contributed by atoms with Crippen molar-refractivity contribution in [2.75, 3.05) is 13.2 Å². The van der Waals surface area contributed by atoms with Gasteiger partial charge in [0.25, 0.3) is 0 Å². The smallest absolute Gasteiger partial charge is 0.217 e. The van der Waals surface area contributed by atoms with Crippen LogP contribution < -0.4 is 14.8 Å². The van der Waals surface area contributed by atoms with Gasteiger partial charge < -0.3 is 14.8 Å². The first kappa shape index (κ1) is 9.83. The van der Waals surface area contributed by atoms with Gasteiger partial charge in [-0.05, 0) is 12.1 Å². The van der Waals surface area contributed by atoms with Crippen LogP contribution in [-0.2, 0) is 4.79 Å². The zero-order chi connectivity index (χ0) is 10.7. The van der Waals surface area contributed by atoms with Crippen LogP contribution in [0.25, 0.3) is 0 Å². The number of para-hydroxylation sites is 2. The van der Waals surface area contributed by atoms with E-state index in [2.05, 4.69) is 5.32 Å². The van der Waals surface area contributed by atoms with Gasteiger partial charge in [0.05, 0.1) is 6.54 Å². The number of carbonyl (C=O) groups is 1. The fourth-order valence-corrected chi connectivity index (χ4v) is 1.42. The maximum atomic E-state index is 10.7. The second-order valence-electron chi connectivity index (χ2n) is 3.43. The molecule has 1 aliphatic rings. The second kappa shape index (κ2) is 4.21. The third-order valence-electron chi connectivity index (χ3n) is 2.15. The highest BCUT2D eigenvalue weighted by molar-refractivity contribution is 5.72. The average molecular weight is 207 g/mol. The molecule has 1 aliphatic heterocycles. The third-order valence-corrected chi connectivity index (χ3v) is 2.15. The Hall–Kier alpha value is -1.71. The molecule has 80 valence electrons. The fourth-order valence-electron chi connectivity index (χ4n) is 1.42. The Bertz CT molecular complexity index is 365. The molecule has 1 aromatic rings. The van der Waals surface area contributed by atoms with E-state index in [1.165, 1.54) is 6.92 Å². The van der Waals surface area contributed by atoms with E-state index < -0.39 is 0 Å². The first-order valence-corrected chi connectivity index (χ1v) is 4.88. The highest BCUT2D eigenvalue weighted by Gasteiger charge is 2.20. The van der Waals surface area contributed by atoms with Crippen molar-refractivity contribution >= 4 is 5.91 Å². The molecule has 0 radical (unpaired) electrons. The largest absolute Gasteiger partial charge is 0.486 e. The van der Waals surface area contributed by atoms with Crippen molar-refractivity contribution in [2.24, 2.45) is 0 Å². The van der Waals surface area contributed by atoms with Crippen LogP contribution in [-0.4, -0.2) is 25.2 Å². The molecule has 0 unspecified atom stereocenters. The van der Waals surface area contributed by atoms with E-state index in [0.717, 1.165) is 11.5 Å². The van der Waals surface area contributed by atoms with Gasteiger partial charge in [0.2, 0.25) is 5.91 Å². The van der Waals surface area contributed by atoms with E-state index >= 15 is 0 Å². The van der Waals surface area contributed by atoms with Crippen molar-refractivity contribution in [1.82, 2.24) is 5.32 Å². The molecule has 1 N–H and O–H groups in total. The Balaban J connectivity index is 1.96. The molecular weight excluding hydrogens is 194 g/mol. The second-order valence-corrected chi connectivity index (χ2v) is 3.43. The summed E-state index contributed by atoms with van der Waals surface area (Å²) >= 11 is 0. The number of benzene rings is 1. The number of ether oxygens (including phenoxy) is 2. The van der Waals surface area contributed by atoms with Crippen LogP contribution >= 0.6 is 0 Å². The summed E-state index contributed by atoms with van der Waals surface area (Å²) in [5.74, 6) is 1.44. The van der Waals surface area contributed by atoms with E-state index in [-0.39, 0.29) is 12.0 Å². The summed E-state index contributed by atoms with van der Waals surface area (Å²) in [5, 5.41) is 2.70. The summed E-state index contributed by atoms with van der Waals surface area (Å²) in [4.78, 5) is 10.7. The van der Waals surface area contributed by atoms with Crippen LogP contribution in [0.2, 0.25) is 0 Å². The molecule has 0 aliphatic carbocycles.